The van der Waals surface area contributed by atoms with Gasteiger partial charge in [0, 0.05) is 17.8 Å². The standard InChI is InChI=1S/C10H10N4O5S/c11-7-1-2-10(9(5-7)14(15)16)20(17,18)13-6-8-3-4-12-19-8/h1-5,13H,6,11H2. The van der Waals surface area contributed by atoms with Crippen molar-refractivity contribution >= 4 is 21.4 Å². The van der Waals surface area contributed by atoms with Gasteiger partial charge in [-0.15, -0.1) is 0 Å². The van der Waals surface area contributed by atoms with Gasteiger partial charge in [-0.05, 0) is 12.1 Å². The molecule has 20 heavy (non-hydrogen) atoms. The van der Waals surface area contributed by atoms with E-state index in [1.54, 1.807) is 0 Å². The summed E-state index contributed by atoms with van der Waals surface area (Å²) in [7, 11) is -4.06. The lowest BCUT2D eigenvalue weighted by molar-refractivity contribution is -0.387. The highest BCUT2D eigenvalue weighted by molar-refractivity contribution is 7.89. The lowest BCUT2D eigenvalue weighted by Gasteiger charge is -2.06. The Balaban J connectivity index is 2.31. The van der Waals surface area contributed by atoms with Crippen LogP contribution in [-0.4, -0.2) is 18.5 Å². The Morgan fingerprint density at radius 2 is 2.15 bits per heavy atom. The van der Waals surface area contributed by atoms with E-state index in [0.29, 0.717) is 0 Å². The van der Waals surface area contributed by atoms with Crippen LogP contribution >= 0.6 is 0 Å². The Morgan fingerprint density at radius 3 is 2.75 bits per heavy atom. The van der Waals surface area contributed by atoms with E-state index in [0.717, 1.165) is 12.1 Å². The molecule has 0 aliphatic rings. The minimum Gasteiger partial charge on any atom is -0.399 e. The Morgan fingerprint density at radius 1 is 1.40 bits per heavy atom. The quantitative estimate of drug-likeness (QED) is 0.468. The maximum Gasteiger partial charge on any atom is 0.291 e. The minimum atomic E-state index is -4.06. The van der Waals surface area contributed by atoms with Gasteiger partial charge in [-0.3, -0.25) is 10.1 Å². The van der Waals surface area contributed by atoms with Crippen molar-refractivity contribution in [2.24, 2.45) is 0 Å². The van der Waals surface area contributed by atoms with Crippen LogP contribution in [0.4, 0.5) is 11.4 Å². The predicted octanol–water partition coefficient (Wildman–Crippen LogP) is 0.643. The van der Waals surface area contributed by atoms with Crippen molar-refractivity contribution < 1.29 is 17.9 Å². The zero-order chi connectivity index (χ0) is 14.8. The number of nitro benzene ring substituents is 1. The Labute approximate surface area is 113 Å². The number of nitrogens with zero attached hydrogens (tertiary/aromatic N) is 2. The first-order valence-electron chi connectivity index (χ1n) is 5.33. The maximum absolute atomic E-state index is 12.0. The van der Waals surface area contributed by atoms with Crippen LogP contribution < -0.4 is 10.5 Å². The summed E-state index contributed by atoms with van der Waals surface area (Å²) in [4.78, 5) is 9.61. The number of nitro groups is 1. The molecular formula is C10H10N4O5S. The van der Waals surface area contributed by atoms with Crippen LogP contribution in [0.2, 0.25) is 0 Å². The highest BCUT2D eigenvalue weighted by Crippen LogP contribution is 2.25. The average molecular weight is 298 g/mol. The second kappa shape index (κ2) is 5.27. The van der Waals surface area contributed by atoms with E-state index in [-0.39, 0.29) is 18.0 Å². The molecule has 2 rings (SSSR count). The Hall–Kier alpha value is -2.46. The van der Waals surface area contributed by atoms with Crippen molar-refractivity contribution in [3.05, 3.63) is 46.3 Å². The molecule has 3 N–H and O–H groups in total. The molecule has 2 aromatic rings. The summed E-state index contributed by atoms with van der Waals surface area (Å²) in [5, 5.41) is 14.3. The first-order valence-corrected chi connectivity index (χ1v) is 6.81. The van der Waals surface area contributed by atoms with Gasteiger partial charge in [0.25, 0.3) is 5.69 Å². The normalized spacial score (nSPS) is 11.4. The number of rotatable bonds is 5. The van der Waals surface area contributed by atoms with E-state index >= 15 is 0 Å². The summed E-state index contributed by atoms with van der Waals surface area (Å²) in [6.45, 7) is -0.163. The number of anilines is 1. The fourth-order valence-corrected chi connectivity index (χ4v) is 2.63. The molecule has 0 unspecified atom stereocenters. The molecular weight excluding hydrogens is 288 g/mol. The molecule has 0 saturated carbocycles. The first kappa shape index (κ1) is 14.0. The van der Waals surface area contributed by atoms with Crippen LogP contribution in [0.15, 0.2) is 39.9 Å². The number of benzene rings is 1. The lowest BCUT2D eigenvalue weighted by atomic mass is 10.3. The number of nitrogens with one attached hydrogen (secondary N) is 1. The van der Waals surface area contributed by atoms with Crippen molar-refractivity contribution in [3.63, 3.8) is 0 Å². The topological polar surface area (TPSA) is 141 Å². The van der Waals surface area contributed by atoms with Crippen molar-refractivity contribution in [1.29, 1.82) is 0 Å². The van der Waals surface area contributed by atoms with Gasteiger partial charge in [0.1, 0.15) is 0 Å². The fraction of sp³-hybridized carbons (Fsp3) is 0.100. The largest absolute Gasteiger partial charge is 0.399 e. The molecule has 0 aliphatic heterocycles. The monoisotopic (exact) mass is 298 g/mol. The molecule has 0 saturated heterocycles. The second-order valence-electron chi connectivity index (χ2n) is 3.79. The van der Waals surface area contributed by atoms with Gasteiger partial charge in [-0.2, -0.15) is 0 Å². The van der Waals surface area contributed by atoms with Crippen LogP contribution in [0, 0.1) is 10.1 Å². The molecule has 9 nitrogen and oxygen atoms in total. The van der Waals surface area contributed by atoms with Gasteiger partial charge in [0.2, 0.25) is 10.0 Å². The highest BCUT2D eigenvalue weighted by Gasteiger charge is 2.25. The van der Waals surface area contributed by atoms with Gasteiger partial charge in [0.15, 0.2) is 10.7 Å². The van der Waals surface area contributed by atoms with Gasteiger partial charge in [-0.1, -0.05) is 5.16 Å². The number of sulfonamides is 1. The molecule has 0 radical (unpaired) electrons. The van der Waals surface area contributed by atoms with E-state index in [2.05, 4.69) is 9.88 Å². The molecule has 0 fully saturated rings. The summed E-state index contributed by atoms with van der Waals surface area (Å²) < 4.78 is 31.0. The zero-order valence-corrected chi connectivity index (χ0v) is 10.8. The van der Waals surface area contributed by atoms with Gasteiger partial charge < -0.3 is 10.3 Å². The van der Waals surface area contributed by atoms with Crippen LogP contribution in [-0.2, 0) is 16.6 Å². The minimum absolute atomic E-state index is 0.103. The third-order valence-corrected chi connectivity index (χ3v) is 3.85. The summed E-state index contributed by atoms with van der Waals surface area (Å²) in [5.74, 6) is 0.284. The molecule has 10 heteroatoms. The van der Waals surface area contributed by atoms with E-state index in [1.165, 1.54) is 18.3 Å². The van der Waals surface area contributed by atoms with E-state index in [9.17, 15) is 18.5 Å². The molecule has 0 spiro atoms. The second-order valence-corrected chi connectivity index (χ2v) is 5.52. The van der Waals surface area contributed by atoms with Crippen LogP contribution in [0.3, 0.4) is 0 Å². The van der Waals surface area contributed by atoms with Gasteiger partial charge >= 0.3 is 0 Å². The Kier molecular flexibility index (Phi) is 3.68. The predicted molar refractivity (Wildman–Crippen MR) is 68.0 cm³/mol. The molecule has 0 aliphatic carbocycles. The Bertz CT molecular complexity index is 726. The highest BCUT2D eigenvalue weighted by atomic mass is 32.2. The molecule has 106 valence electrons. The third-order valence-electron chi connectivity index (χ3n) is 2.40. The summed E-state index contributed by atoms with van der Waals surface area (Å²) in [5.41, 5.74) is 4.93. The number of hydrogen-bond donors (Lipinski definition) is 2. The summed E-state index contributed by atoms with van der Waals surface area (Å²) in [6.07, 6.45) is 1.36. The number of hydrogen-bond acceptors (Lipinski definition) is 7. The van der Waals surface area contributed by atoms with Crippen LogP contribution in [0.1, 0.15) is 5.76 Å². The van der Waals surface area contributed by atoms with E-state index in [4.69, 9.17) is 10.3 Å². The fourth-order valence-electron chi connectivity index (χ4n) is 1.48. The van der Waals surface area contributed by atoms with Gasteiger partial charge in [0.05, 0.1) is 17.7 Å². The molecule has 0 atom stereocenters. The van der Waals surface area contributed by atoms with Crippen molar-refractivity contribution in [1.82, 2.24) is 9.88 Å². The molecule has 1 heterocycles. The third kappa shape index (κ3) is 2.92. The molecule has 1 aromatic heterocycles. The molecule has 0 bridgehead atoms. The smallest absolute Gasteiger partial charge is 0.291 e. The summed E-state index contributed by atoms with van der Waals surface area (Å²) in [6, 6.07) is 4.81. The van der Waals surface area contributed by atoms with Crippen molar-refractivity contribution in [2.75, 3.05) is 5.73 Å². The molecule has 1 aromatic carbocycles. The first-order chi connectivity index (χ1) is 9.40. The number of nitrogens with two attached hydrogens (primary N) is 1. The van der Waals surface area contributed by atoms with Gasteiger partial charge in [-0.25, -0.2) is 13.1 Å². The number of aromatic nitrogens is 1. The van der Waals surface area contributed by atoms with Crippen molar-refractivity contribution in [3.8, 4) is 0 Å². The van der Waals surface area contributed by atoms with Crippen LogP contribution in [0.25, 0.3) is 0 Å². The van der Waals surface area contributed by atoms with Crippen LogP contribution in [0.5, 0.6) is 0 Å². The van der Waals surface area contributed by atoms with Crippen molar-refractivity contribution in [2.45, 2.75) is 11.4 Å². The van der Waals surface area contributed by atoms with E-state index in [1.807, 2.05) is 0 Å². The molecule has 0 amide bonds. The maximum atomic E-state index is 12.0. The SMILES string of the molecule is Nc1ccc(S(=O)(=O)NCc2ccno2)c([N+](=O)[O-])c1. The lowest BCUT2D eigenvalue weighted by Crippen LogP contribution is -2.24. The van der Waals surface area contributed by atoms with E-state index < -0.39 is 25.5 Å². The zero-order valence-electron chi connectivity index (χ0n) is 10.0. The number of nitrogen functional groups attached to an aromatic ring is 1. The summed E-state index contributed by atoms with van der Waals surface area (Å²) >= 11 is 0. The average Bonchev–Trinajstić information content (AvgIpc) is 2.89.